The van der Waals surface area contributed by atoms with E-state index in [1.165, 1.54) is 33.4 Å². The van der Waals surface area contributed by atoms with E-state index in [0.717, 1.165) is 0 Å². The van der Waals surface area contributed by atoms with Crippen LogP contribution in [0.5, 0.6) is 0 Å². The molecule has 1 aliphatic carbocycles. The van der Waals surface area contributed by atoms with Crippen LogP contribution < -0.4 is 0 Å². The predicted octanol–water partition coefficient (Wildman–Crippen LogP) is 5.58. The second-order valence-electron chi connectivity index (χ2n) is 5.66. The van der Waals surface area contributed by atoms with Crippen LogP contribution in [0.4, 0.5) is 0 Å². The minimum absolute atomic E-state index is 0.526. The smallest absolute Gasteiger partial charge is 0.00788 e. The van der Waals surface area contributed by atoms with Gasteiger partial charge in [0.25, 0.3) is 0 Å². The Morgan fingerprint density at radius 1 is 0.750 bits per heavy atom. The normalized spacial score (nSPS) is 17.9. The molecule has 20 heavy (non-hydrogen) atoms. The Hall–Kier alpha value is -2.08. The second kappa shape index (κ2) is 5.13. The molecule has 2 aromatic carbocycles. The lowest BCUT2D eigenvalue weighted by atomic mass is 9.67. The van der Waals surface area contributed by atoms with Crippen molar-refractivity contribution in [2.24, 2.45) is 5.92 Å². The quantitative estimate of drug-likeness (QED) is 0.661. The van der Waals surface area contributed by atoms with E-state index in [4.69, 9.17) is 0 Å². The molecule has 0 aliphatic heterocycles. The third-order valence-electron chi connectivity index (χ3n) is 4.09. The lowest BCUT2D eigenvalue weighted by Gasteiger charge is -2.37. The first-order valence-corrected chi connectivity index (χ1v) is 7.23. The molecule has 0 amide bonds. The second-order valence-corrected chi connectivity index (χ2v) is 5.66. The molecule has 3 rings (SSSR count). The molecule has 100 valence electrons. The summed E-state index contributed by atoms with van der Waals surface area (Å²) in [5, 5.41) is 0. The summed E-state index contributed by atoms with van der Waals surface area (Å²) >= 11 is 0. The molecule has 1 unspecified atom stereocenters. The third-order valence-corrected chi connectivity index (χ3v) is 4.09. The van der Waals surface area contributed by atoms with Crippen molar-refractivity contribution >= 4 is 11.1 Å². The minimum atomic E-state index is 0.526. The molecule has 0 N–H and O–H groups in total. The number of benzene rings is 2. The first kappa shape index (κ1) is 12.9. The number of rotatable bonds is 2. The van der Waals surface area contributed by atoms with Crippen LogP contribution in [0, 0.1) is 5.92 Å². The first-order chi connectivity index (χ1) is 9.70. The molecule has 2 aromatic rings. The van der Waals surface area contributed by atoms with Gasteiger partial charge in [0.05, 0.1) is 0 Å². The Labute approximate surface area is 121 Å². The van der Waals surface area contributed by atoms with Gasteiger partial charge in [0.15, 0.2) is 0 Å². The lowest BCUT2D eigenvalue weighted by molar-refractivity contribution is 0.861. The Morgan fingerprint density at radius 2 is 1.25 bits per heavy atom. The molecular formula is C20H20. The molecule has 0 aromatic heterocycles. The monoisotopic (exact) mass is 260 g/mol. The average molecular weight is 260 g/mol. The molecule has 0 nitrogen and oxygen atoms in total. The van der Waals surface area contributed by atoms with E-state index in [1.807, 2.05) is 0 Å². The summed E-state index contributed by atoms with van der Waals surface area (Å²) in [6.07, 6.45) is 0. The molecule has 0 fully saturated rings. The maximum absolute atomic E-state index is 2.32. The molecule has 0 heteroatoms. The average Bonchev–Trinajstić information content (AvgIpc) is 2.46. The van der Waals surface area contributed by atoms with Gasteiger partial charge in [0.1, 0.15) is 0 Å². The van der Waals surface area contributed by atoms with E-state index in [9.17, 15) is 0 Å². The molecule has 0 radical (unpaired) electrons. The minimum Gasteiger partial charge on any atom is -0.0720 e. The van der Waals surface area contributed by atoms with E-state index in [2.05, 4.69) is 81.4 Å². The topological polar surface area (TPSA) is 0 Å². The van der Waals surface area contributed by atoms with Crippen LogP contribution in [0.25, 0.3) is 11.1 Å². The van der Waals surface area contributed by atoms with Gasteiger partial charge in [-0.15, -0.1) is 0 Å². The van der Waals surface area contributed by atoms with Gasteiger partial charge in [0, 0.05) is 5.92 Å². The summed E-state index contributed by atoms with van der Waals surface area (Å²) in [4.78, 5) is 0. The zero-order chi connectivity index (χ0) is 14.1. The van der Waals surface area contributed by atoms with E-state index in [-0.39, 0.29) is 0 Å². The Kier molecular flexibility index (Phi) is 3.31. The Morgan fingerprint density at radius 3 is 1.75 bits per heavy atom. The van der Waals surface area contributed by atoms with Gasteiger partial charge in [-0.1, -0.05) is 73.2 Å². The van der Waals surface area contributed by atoms with Crippen LogP contribution in [0.15, 0.2) is 71.8 Å². The van der Waals surface area contributed by atoms with Crippen molar-refractivity contribution < 1.29 is 0 Å². The van der Waals surface area contributed by atoms with Crippen LogP contribution in [-0.2, 0) is 0 Å². The summed E-state index contributed by atoms with van der Waals surface area (Å²) in [6, 6.07) is 21.5. The van der Waals surface area contributed by atoms with Crippen molar-refractivity contribution in [1.29, 1.82) is 0 Å². The van der Waals surface area contributed by atoms with Gasteiger partial charge >= 0.3 is 0 Å². The molecule has 0 spiro atoms. The molecule has 1 atom stereocenters. The molecule has 1 aliphatic rings. The van der Waals surface area contributed by atoms with Crippen LogP contribution in [-0.4, -0.2) is 0 Å². The molecule has 0 saturated heterocycles. The predicted molar refractivity (Wildman–Crippen MR) is 87.2 cm³/mol. The summed E-state index contributed by atoms with van der Waals surface area (Å²) in [5.74, 6) is 0.526. The fourth-order valence-corrected chi connectivity index (χ4v) is 3.26. The Bertz CT molecular complexity index is 668. The number of hydrogen-bond donors (Lipinski definition) is 0. The summed E-state index contributed by atoms with van der Waals surface area (Å²) in [6.45, 7) is 6.75. The van der Waals surface area contributed by atoms with Crippen molar-refractivity contribution in [2.75, 3.05) is 0 Å². The van der Waals surface area contributed by atoms with Crippen LogP contribution in [0.1, 0.15) is 31.9 Å². The molecular weight excluding hydrogens is 240 g/mol. The Balaban J connectivity index is 2.22. The van der Waals surface area contributed by atoms with Gasteiger partial charge in [0.2, 0.25) is 0 Å². The number of allylic oxidation sites excluding steroid dienone is 4. The highest BCUT2D eigenvalue weighted by atomic mass is 14.4. The fourth-order valence-electron chi connectivity index (χ4n) is 3.26. The summed E-state index contributed by atoms with van der Waals surface area (Å²) in [7, 11) is 0. The van der Waals surface area contributed by atoms with Gasteiger partial charge in [-0.05, 0) is 41.7 Å². The van der Waals surface area contributed by atoms with E-state index >= 15 is 0 Å². The zero-order valence-electron chi connectivity index (χ0n) is 12.4. The van der Waals surface area contributed by atoms with E-state index in [1.54, 1.807) is 0 Å². The van der Waals surface area contributed by atoms with Gasteiger partial charge < -0.3 is 0 Å². The van der Waals surface area contributed by atoms with Crippen molar-refractivity contribution in [2.45, 2.75) is 20.8 Å². The van der Waals surface area contributed by atoms with Crippen molar-refractivity contribution in [3.05, 3.63) is 82.9 Å². The van der Waals surface area contributed by atoms with Gasteiger partial charge in [-0.25, -0.2) is 0 Å². The first-order valence-electron chi connectivity index (χ1n) is 7.23. The van der Waals surface area contributed by atoms with E-state index < -0.39 is 0 Å². The lowest BCUT2D eigenvalue weighted by Crippen LogP contribution is -2.19. The third kappa shape index (κ3) is 2.02. The maximum Gasteiger partial charge on any atom is 0.00788 e. The van der Waals surface area contributed by atoms with Crippen molar-refractivity contribution in [3.8, 4) is 0 Å². The molecule has 0 bridgehead atoms. The highest BCUT2D eigenvalue weighted by Crippen LogP contribution is 2.52. The van der Waals surface area contributed by atoms with Gasteiger partial charge in [-0.3, -0.25) is 0 Å². The van der Waals surface area contributed by atoms with Crippen LogP contribution in [0.3, 0.4) is 0 Å². The van der Waals surface area contributed by atoms with E-state index in [0.29, 0.717) is 5.92 Å². The maximum atomic E-state index is 2.32. The van der Waals surface area contributed by atoms with Gasteiger partial charge in [-0.2, -0.15) is 0 Å². The van der Waals surface area contributed by atoms with Crippen LogP contribution >= 0.6 is 0 Å². The summed E-state index contributed by atoms with van der Waals surface area (Å²) < 4.78 is 0. The SMILES string of the molecule is CC(C)=C1C(c2ccccc2)=C(c2ccccc2)C1C. The van der Waals surface area contributed by atoms with Crippen LogP contribution in [0.2, 0.25) is 0 Å². The molecule has 0 heterocycles. The summed E-state index contributed by atoms with van der Waals surface area (Å²) in [5.41, 5.74) is 8.54. The molecule has 0 saturated carbocycles. The highest BCUT2D eigenvalue weighted by molar-refractivity contribution is 6.08. The number of hydrogen-bond acceptors (Lipinski definition) is 0. The standard InChI is InChI=1S/C20H20/c1-14(2)18-15(3)19(16-10-6-4-7-11-16)20(18)17-12-8-5-9-13-17/h4-13,15H,1-3H3. The van der Waals surface area contributed by atoms with Crippen molar-refractivity contribution in [1.82, 2.24) is 0 Å². The highest BCUT2D eigenvalue weighted by Gasteiger charge is 2.33. The fraction of sp³-hybridized carbons (Fsp3) is 0.200. The van der Waals surface area contributed by atoms with Crippen molar-refractivity contribution in [3.63, 3.8) is 0 Å². The zero-order valence-corrected chi connectivity index (χ0v) is 12.4. The largest absolute Gasteiger partial charge is 0.0720 e.